The minimum atomic E-state index is -3.09. The molecule has 0 saturated heterocycles. The maximum Gasteiger partial charge on any atom is 0.408 e. The molecular weight excluding hydrogens is 272 g/mol. The molecule has 2 atom stereocenters. The SMILES string of the molecule is CC(C)(C)OC(=O)N[C@H](C(=O)O)C1CCCCC1(F)F. The van der Waals surface area contributed by atoms with Crippen molar-refractivity contribution in [3.8, 4) is 0 Å². The summed E-state index contributed by atoms with van der Waals surface area (Å²) in [6.45, 7) is 4.83. The Bertz CT molecular complexity index is 379. The largest absolute Gasteiger partial charge is 0.480 e. The zero-order chi connectivity index (χ0) is 15.6. The lowest BCUT2D eigenvalue weighted by Crippen LogP contribution is -2.53. The van der Waals surface area contributed by atoms with Gasteiger partial charge in [-0.3, -0.25) is 0 Å². The van der Waals surface area contributed by atoms with Crippen LogP contribution in [0, 0.1) is 5.92 Å². The number of carbonyl (C=O) groups is 2. The van der Waals surface area contributed by atoms with E-state index in [1.807, 2.05) is 0 Å². The standard InChI is InChI=1S/C13H21F2NO4/c1-12(2,3)20-11(19)16-9(10(17)18)8-6-4-5-7-13(8,14)15/h8-9H,4-7H2,1-3H3,(H,16,19)(H,17,18)/t8?,9-/m0/s1. The number of hydrogen-bond acceptors (Lipinski definition) is 3. The van der Waals surface area contributed by atoms with Gasteiger partial charge in [0.15, 0.2) is 0 Å². The van der Waals surface area contributed by atoms with Crippen molar-refractivity contribution in [2.75, 3.05) is 0 Å². The van der Waals surface area contributed by atoms with Crippen molar-refractivity contribution >= 4 is 12.1 Å². The Morgan fingerprint density at radius 2 is 1.95 bits per heavy atom. The van der Waals surface area contributed by atoms with E-state index < -0.39 is 35.5 Å². The molecule has 116 valence electrons. The molecule has 1 rings (SSSR count). The van der Waals surface area contributed by atoms with Crippen LogP contribution in [-0.4, -0.2) is 34.7 Å². The summed E-state index contributed by atoms with van der Waals surface area (Å²) >= 11 is 0. The first-order valence-electron chi connectivity index (χ1n) is 6.63. The Morgan fingerprint density at radius 3 is 2.40 bits per heavy atom. The summed E-state index contributed by atoms with van der Waals surface area (Å²) in [4.78, 5) is 22.8. The molecule has 20 heavy (non-hydrogen) atoms. The summed E-state index contributed by atoms with van der Waals surface area (Å²) in [5.74, 6) is -5.96. The molecule has 0 aliphatic heterocycles. The van der Waals surface area contributed by atoms with Gasteiger partial charge in [0.2, 0.25) is 0 Å². The van der Waals surface area contributed by atoms with Crippen LogP contribution in [0.25, 0.3) is 0 Å². The van der Waals surface area contributed by atoms with Crippen molar-refractivity contribution in [2.24, 2.45) is 5.92 Å². The first kappa shape index (κ1) is 16.7. The Hall–Kier alpha value is -1.40. The first-order chi connectivity index (χ1) is 9.03. The predicted octanol–water partition coefficient (Wildman–Crippen LogP) is 2.79. The van der Waals surface area contributed by atoms with Crippen LogP contribution in [0.2, 0.25) is 0 Å². The molecule has 0 aromatic carbocycles. The smallest absolute Gasteiger partial charge is 0.408 e. The number of carbonyl (C=O) groups excluding carboxylic acids is 1. The van der Waals surface area contributed by atoms with Gasteiger partial charge in [-0.25, -0.2) is 18.4 Å². The summed E-state index contributed by atoms with van der Waals surface area (Å²) < 4.78 is 32.5. The lowest BCUT2D eigenvalue weighted by Gasteiger charge is -2.35. The van der Waals surface area contributed by atoms with Crippen LogP contribution in [0.15, 0.2) is 0 Å². The lowest BCUT2D eigenvalue weighted by molar-refractivity contribution is -0.151. The van der Waals surface area contributed by atoms with Gasteiger partial charge in [0.1, 0.15) is 11.6 Å². The maximum absolute atomic E-state index is 13.8. The highest BCUT2D eigenvalue weighted by atomic mass is 19.3. The van der Waals surface area contributed by atoms with E-state index in [0.29, 0.717) is 12.8 Å². The number of hydrogen-bond donors (Lipinski definition) is 2. The summed E-state index contributed by atoms with van der Waals surface area (Å²) in [7, 11) is 0. The fourth-order valence-electron chi connectivity index (χ4n) is 2.30. The highest BCUT2D eigenvalue weighted by Crippen LogP contribution is 2.40. The van der Waals surface area contributed by atoms with E-state index >= 15 is 0 Å². The number of alkyl carbamates (subject to hydrolysis) is 1. The molecule has 1 unspecified atom stereocenters. The molecule has 0 spiro atoms. The predicted molar refractivity (Wildman–Crippen MR) is 67.7 cm³/mol. The van der Waals surface area contributed by atoms with Crippen molar-refractivity contribution in [3.05, 3.63) is 0 Å². The maximum atomic E-state index is 13.8. The second-order valence-electron chi connectivity index (χ2n) is 6.08. The summed E-state index contributed by atoms with van der Waals surface area (Å²) in [5.41, 5.74) is -0.817. The molecule has 1 saturated carbocycles. The van der Waals surface area contributed by atoms with E-state index in [9.17, 15) is 18.4 Å². The van der Waals surface area contributed by atoms with E-state index in [0.717, 1.165) is 0 Å². The quantitative estimate of drug-likeness (QED) is 0.839. The highest BCUT2D eigenvalue weighted by Gasteiger charge is 2.49. The molecule has 0 heterocycles. The van der Waals surface area contributed by atoms with E-state index in [1.54, 1.807) is 20.8 Å². The third-order valence-corrected chi connectivity index (χ3v) is 3.16. The Balaban J connectivity index is 2.79. The molecule has 1 aliphatic carbocycles. The number of rotatable bonds is 3. The number of halogens is 2. The molecule has 0 aromatic heterocycles. The molecule has 1 aliphatic rings. The van der Waals surface area contributed by atoms with Crippen LogP contribution in [0.4, 0.5) is 13.6 Å². The molecule has 2 N–H and O–H groups in total. The average Bonchev–Trinajstić information content (AvgIpc) is 2.23. The lowest BCUT2D eigenvalue weighted by atomic mass is 9.80. The minimum Gasteiger partial charge on any atom is -0.480 e. The van der Waals surface area contributed by atoms with Crippen molar-refractivity contribution in [1.82, 2.24) is 5.32 Å². The number of nitrogens with one attached hydrogen (secondary N) is 1. The van der Waals surface area contributed by atoms with Gasteiger partial charge in [0.25, 0.3) is 5.92 Å². The zero-order valence-corrected chi connectivity index (χ0v) is 11.9. The Morgan fingerprint density at radius 1 is 1.35 bits per heavy atom. The number of carboxylic acid groups (broad SMARTS) is 1. The third-order valence-electron chi connectivity index (χ3n) is 3.16. The molecule has 1 fully saturated rings. The van der Waals surface area contributed by atoms with Crippen LogP contribution in [0.3, 0.4) is 0 Å². The van der Waals surface area contributed by atoms with E-state index in [-0.39, 0.29) is 12.8 Å². The molecule has 7 heteroatoms. The van der Waals surface area contributed by atoms with Gasteiger partial charge in [-0.15, -0.1) is 0 Å². The van der Waals surface area contributed by atoms with Crippen molar-refractivity contribution in [1.29, 1.82) is 0 Å². The second kappa shape index (κ2) is 5.93. The van der Waals surface area contributed by atoms with Gasteiger partial charge in [0, 0.05) is 6.42 Å². The molecular formula is C13H21F2NO4. The van der Waals surface area contributed by atoms with Crippen LogP contribution < -0.4 is 5.32 Å². The van der Waals surface area contributed by atoms with E-state index in [4.69, 9.17) is 9.84 Å². The number of aliphatic carboxylic acids is 1. The Labute approximate surface area is 116 Å². The van der Waals surface area contributed by atoms with Crippen LogP contribution in [-0.2, 0) is 9.53 Å². The zero-order valence-electron chi connectivity index (χ0n) is 11.9. The number of carboxylic acids is 1. The fourth-order valence-corrected chi connectivity index (χ4v) is 2.30. The van der Waals surface area contributed by atoms with Crippen molar-refractivity contribution < 1.29 is 28.2 Å². The van der Waals surface area contributed by atoms with Crippen molar-refractivity contribution in [3.63, 3.8) is 0 Å². The number of alkyl halides is 2. The number of ether oxygens (including phenoxy) is 1. The van der Waals surface area contributed by atoms with Gasteiger partial charge in [0.05, 0.1) is 5.92 Å². The fraction of sp³-hybridized carbons (Fsp3) is 0.846. The highest BCUT2D eigenvalue weighted by molar-refractivity contribution is 5.80. The monoisotopic (exact) mass is 293 g/mol. The van der Waals surface area contributed by atoms with Crippen LogP contribution in [0.5, 0.6) is 0 Å². The second-order valence-corrected chi connectivity index (χ2v) is 6.08. The van der Waals surface area contributed by atoms with Crippen molar-refractivity contribution in [2.45, 2.75) is 64.0 Å². The minimum absolute atomic E-state index is 0.0692. The van der Waals surface area contributed by atoms with Gasteiger partial charge in [-0.05, 0) is 33.6 Å². The molecule has 0 bridgehead atoms. The van der Waals surface area contributed by atoms with Crippen LogP contribution >= 0.6 is 0 Å². The van der Waals surface area contributed by atoms with Crippen LogP contribution in [0.1, 0.15) is 46.5 Å². The van der Waals surface area contributed by atoms with Gasteiger partial charge >= 0.3 is 12.1 Å². The van der Waals surface area contributed by atoms with Gasteiger partial charge in [-0.1, -0.05) is 6.42 Å². The summed E-state index contributed by atoms with van der Waals surface area (Å²) in [5, 5.41) is 11.2. The molecule has 0 aromatic rings. The topological polar surface area (TPSA) is 75.6 Å². The Kier molecular flexibility index (Phi) is 4.94. The molecule has 0 radical (unpaired) electrons. The van der Waals surface area contributed by atoms with E-state index in [1.165, 1.54) is 0 Å². The average molecular weight is 293 g/mol. The molecule has 5 nitrogen and oxygen atoms in total. The number of amides is 1. The summed E-state index contributed by atoms with van der Waals surface area (Å²) in [6, 6.07) is -1.64. The first-order valence-corrected chi connectivity index (χ1v) is 6.63. The third kappa shape index (κ3) is 4.61. The van der Waals surface area contributed by atoms with Gasteiger partial charge in [-0.2, -0.15) is 0 Å². The molecule has 1 amide bonds. The normalized spacial score (nSPS) is 23.8. The summed E-state index contributed by atoms with van der Waals surface area (Å²) in [6.07, 6.45) is -0.384. The van der Waals surface area contributed by atoms with Gasteiger partial charge < -0.3 is 15.2 Å². The van der Waals surface area contributed by atoms with E-state index in [2.05, 4.69) is 5.32 Å².